The maximum Gasteiger partial charge on any atom is 0.347 e. The van der Waals surface area contributed by atoms with Crippen molar-refractivity contribution < 1.29 is 24.2 Å². The molecule has 1 aromatic rings. The molecule has 0 bridgehead atoms. The third-order valence-corrected chi connectivity index (χ3v) is 3.14. The van der Waals surface area contributed by atoms with Crippen LogP contribution >= 0.6 is 0 Å². The van der Waals surface area contributed by atoms with Crippen LogP contribution in [0.1, 0.15) is 36.7 Å². The van der Waals surface area contributed by atoms with E-state index in [1.807, 2.05) is 0 Å². The summed E-state index contributed by atoms with van der Waals surface area (Å²) >= 11 is 0. The Morgan fingerprint density at radius 1 is 1.35 bits per heavy atom. The Labute approximate surface area is 117 Å². The highest BCUT2D eigenvalue weighted by atomic mass is 16.6. The molecule has 1 N–H and O–H groups in total. The molecule has 2 rings (SSSR count). The number of ketones is 1. The van der Waals surface area contributed by atoms with E-state index in [4.69, 9.17) is 9.47 Å². The number of rotatable bonds is 2. The number of Topliss-reactive ketones (excluding diaryl/α,β-unsaturated/α-hetero) is 1. The summed E-state index contributed by atoms with van der Waals surface area (Å²) in [5.41, 5.74) is -2.10. The number of fused-ring (bicyclic) bond motifs is 1. The first-order valence-electron chi connectivity index (χ1n) is 6.35. The normalized spacial score (nSPS) is 21.6. The van der Waals surface area contributed by atoms with E-state index < -0.39 is 23.0 Å². The number of ether oxygens (including phenoxy) is 2. The molecule has 0 aromatic heterocycles. The Balaban J connectivity index is 2.38. The van der Waals surface area contributed by atoms with Crippen LogP contribution in [0.15, 0.2) is 18.2 Å². The van der Waals surface area contributed by atoms with Crippen LogP contribution in [0.25, 0.3) is 0 Å². The van der Waals surface area contributed by atoms with Crippen molar-refractivity contribution in [3.63, 3.8) is 0 Å². The summed E-state index contributed by atoms with van der Waals surface area (Å²) in [4.78, 5) is 24.4. The van der Waals surface area contributed by atoms with Gasteiger partial charge >= 0.3 is 5.97 Å². The molecule has 0 aliphatic heterocycles. The van der Waals surface area contributed by atoms with Gasteiger partial charge in [-0.05, 0) is 26.8 Å². The third-order valence-electron chi connectivity index (χ3n) is 3.14. The Morgan fingerprint density at radius 3 is 2.55 bits per heavy atom. The molecule has 20 heavy (non-hydrogen) atoms. The molecule has 0 heterocycles. The van der Waals surface area contributed by atoms with E-state index in [2.05, 4.69) is 0 Å². The van der Waals surface area contributed by atoms with Crippen molar-refractivity contribution in [2.45, 2.75) is 38.4 Å². The average molecular weight is 278 g/mol. The largest absolute Gasteiger partial charge is 0.496 e. The van der Waals surface area contributed by atoms with Crippen LogP contribution in [0, 0.1) is 0 Å². The van der Waals surface area contributed by atoms with E-state index in [-0.39, 0.29) is 6.42 Å². The SMILES string of the molecule is COc1cccc2c1C[C@@](O)(C(=O)OC(C)(C)C)C2=O. The van der Waals surface area contributed by atoms with Gasteiger partial charge in [0.05, 0.1) is 7.11 Å². The maximum atomic E-state index is 12.3. The number of esters is 1. The highest BCUT2D eigenvalue weighted by Gasteiger charge is 2.53. The second-order valence-electron chi connectivity index (χ2n) is 5.85. The standard InChI is InChI=1S/C15H18O5/c1-14(2,3)20-13(17)15(18)8-10-9(12(15)16)6-5-7-11(10)19-4/h5-7,18H,8H2,1-4H3/t15-/m0/s1. The third kappa shape index (κ3) is 2.29. The van der Waals surface area contributed by atoms with E-state index >= 15 is 0 Å². The monoisotopic (exact) mass is 278 g/mol. The van der Waals surface area contributed by atoms with Gasteiger partial charge in [-0.15, -0.1) is 0 Å². The number of hydrogen-bond donors (Lipinski definition) is 1. The van der Waals surface area contributed by atoms with Crippen molar-refractivity contribution in [1.82, 2.24) is 0 Å². The molecule has 0 radical (unpaired) electrons. The van der Waals surface area contributed by atoms with Gasteiger partial charge in [-0.2, -0.15) is 0 Å². The van der Waals surface area contributed by atoms with Gasteiger partial charge in [0.15, 0.2) is 0 Å². The van der Waals surface area contributed by atoms with E-state index in [1.54, 1.807) is 39.0 Å². The molecule has 0 unspecified atom stereocenters. The second kappa shape index (κ2) is 4.59. The summed E-state index contributed by atoms with van der Waals surface area (Å²) in [6.07, 6.45) is -0.125. The van der Waals surface area contributed by atoms with Crippen molar-refractivity contribution in [2.24, 2.45) is 0 Å². The Morgan fingerprint density at radius 2 is 2.00 bits per heavy atom. The fraction of sp³-hybridized carbons (Fsp3) is 0.467. The Kier molecular flexibility index (Phi) is 3.34. The lowest BCUT2D eigenvalue weighted by atomic mass is 9.99. The van der Waals surface area contributed by atoms with Gasteiger partial charge in [0.1, 0.15) is 11.4 Å². The van der Waals surface area contributed by atoms with Crippen molar-refractivity contribution in [3.05, 3.63) is 29.3 Å². The smallest absolute Gasteiger partial charge is 0.347 e. The zero-order valence-corrected chi connectivity index (χ0v) is 12.0. The van der Waals surface area contributed by atoms with E-state index in [9.17, 15) is 14.7 Å². The minimum atomic E-state index is -2.16. The predicted molar refractivity (Wildman–Crippen MR) is 71.8 cm³/mol. The van der Waals surface area contributed by atoms with Crippen molar-refractivity contribution in [1.29, 1.82) is 0 Å². The molecule has 0 saturated heterocycles. The van der Waals surface area contributed by atoms with Gasteiger partial charge in [-0.3, -0.25) is 4.79 Å². The minimum absolute atomic E-state index is 0.125. The fourth-order valence-electron chi connectivity index (χ4n) is 2.24. The number of hydrogen-bond acceptors (Lipinski definition) is 5. The minimum Gasteiger partial charge on any atom is -0.496 e. The van der Waals surface area contributed by atoms with Crippen LogP contribution in [0.4, 0.5) is 0 Å². The van der Waals surface area contributed by atoms with Gasteiger partial charge in [0, 0.05) is 17.5 Å². The Hall–Kier alpha value is -1.88. The zero-order valence-electron chi connectivity index (χ0n) is 12.0. The molecular formula is C15H18O5. The van der Waals surface area contributed by atoms with E-state index in [1.165, 1.54) is 7.11 Å². The molecule has 108 valence electrons. The van der Waals surface area contributed by atoms with Crippen molar-refractivity contribution in [2.75, 3.05) is 7.11 Å². The molecule has 1 atom stereocenters. The van der Waals surface area contributed by atoms with Crippen LogP contribution in [0.2, 0.25) is 0 Å². The van der Waals surface area contributed by atoms with Crippen LogP contribution in [-0.2, 0) is 16.0 Å². The van der Waals surface area contributed by atoms with Crippen LogP contribution in [0.5, 0.6) is 5.75 Å². The van der Waals surface area contributed by atoms with Gasteiger partial charge in [0.2, 0.25) is 11.4 Å². The molecule has 1 aliphatic rings. The summed E-state index contributed by atoms with van der Waals surface area (Å²) in [5, 5.41) is 10.5. The van der Waals surface area contributed by atoms with Gasteiger partial charge in [0.25, 0.3) is 0 Å². The molecule has 1 aromatic carbocycles. The number of carbonyl (C=O) groups is 2. The molecule has 5 heteroatoms. The topological polar surface area (TPSA) is 72.8 Å². The first kappa shape index (κ1) is 14.5. The quantitative estimate of drug-likeness (QED) is 0.655. The van der Waals surface area contributed by atoms with Gasteiger partial charge in [-0.25, -0.2) is 4.79 Å². The zero-order chi connectivity index (χ0) is 15.1. The lowest BCUT2D eigenvalue weighted by molar-refractivity contribution is -0.171. The predicted octanol–water partition coefficient (Wildman–Crippen LogP) is 1.51. The summed E-state index contributed by atoms with van der Waals surface area (Å²) in [6.45, 7) is 5.05. The lowest BCUT2D eigenvalue weighted by Gasteiger charge is -2.26. The molecule has 0 amide bonds. The van der Waals surface area contributed by atoms with Crippen LogP contribution in [0.3, 0.4) is 0 Å². The molecule has 5 nitrogen and oxygen atoms in total. The van der Waals surface area contributed by atoms with Crippen LogP contribution < -0.4 is 4.74 Å². The van der Waals surface area contributed by atoms with Crippen molar-refractivity contribution >= 4 is 11.8 Å². The van der Waals surface area contributed by atoms with Gasteiger partial charge < -0.3 is 14.6 Å². The second-order valence-corrected chi connectivity index (χ2v) is 5.85. The summed E-state index contributed by atoms with van der Waals surface area (Å²) < 4.78 is 10.3. The number of carbonyl (C=O) groups excluding carboxylic acids is 2. The van der Waals surface area contributed by atoms with Crippen LogP contribution in [-0.4, -0.2) is 35.2 Å². The number of benzene rings is 1. The maximum absolute atomic E-state index is 12.3. The average Bonchev–Trinajstić information content (AvgIpc) is 2.61. The van der Waals surface area contributed by atoms with E-state index in [0.29, 0.717) is 16.9 Å². The Bertz CT molecular complexity index is 570. The fourth-order valence-corrected chi connectivity index (χ4v) is 2.24. The highest BCUT2D eigenvalue weighted by Crippen LogP contribution is 2.37. The van der Waals surface area contributed by atoms with Crippen molar-refractivity contribution in [3.8, 4) is 5.75 Å². The molecule has 1 aliphatic carbocycles. The molecule has 0 fully saturated rings. The highest BCUT2D eigenvalue weighted by molar-refractivity contribution is 6.19. The lowest BCUT2D eigenvalue weighted by Crippen LogP contribution is -2.48. The molecular weight excluding hydrogens is 260 g/mol. The number of methoxy groups -OCH3 is 1. The first-order chi connectivity index (χ1) is 9.19. The first-order valence-corrected chi connectivity index (χ1v) is 6.35. The summed E-state index contributed by atoms with van der Waals surface area (Å²) in [6, 6.07) is 4.91. The molecule has 0 spiro atoms. The number of aliphatic hydroxyl groups is 1. The van der Waals surface area contributed by atoms with E-state index in [0.717, 1.165) is 0 Å². The van der Waals surface area contributed by atoms with Gasteiger partial charge in [-0.1, -0.05) is 12.1 Å². The summed E-state index contributed by atoms with van der Waals surface area (Å²) in [5.74, 6) is -1.08. The molecule has 0 saturated carbocycles. The summed E-state index contributed by atoms with van der Waals surface area (Å²) in [7, 11) is 1.48.